The summed E-state index contributed by atoms with van der Waals surface area (Å²) in [4.78, 5) is 15.1. The van der Waals surface area contributed by atoms with Gasteiger partial charge < -0.3 is 9.64 Å². The lowest BCUT2D eigenvalue weighted by Gasteiger charge is -2.37. The molecule has 3 aromatic carbocycles. The molecule has 11 heteroatoms. The summed E-state index contributed by atoms with van der Waals surface area (Å²) < 4.78 is 59.7. The average Bonchev–Trinajstić information content (AvgIpc) is 2.89. The van der Waals surface area contributed by atoms with Gasteiger partial charge in [0.05, 0.1) is 16.8 Å². The van der Waals surface area contributed by atoms with E-state index in [0.29, 0.717) is 17.2 Å². The number of benzene rings is 3. The third-order valence-electron chi connectivity index (χ3n) is 6.35. The number of piperazine rings is 1. The number of anilines is 1. The molecular formula is C27H31N3O6S2. The minimum absolute atomic E-state index is 0.124. The second-order valence-corrected chi connectivity index (χ2v) is 13.0. The average molecular weight is 558 g/mol. The lowest BCUT2D eigenvalue weighted by Crippen LogP contribution is -2.56. The van der Waals surface area contributed by atoms with Crippen molar-refractivity contribution in [2.24, 2.45) is 0 Å². The van der Waals surface area contributed by atoms with Crippen LogP contribution in [0.5, 0.6) is 11.5 Å². The summed E-state index contributed by atoms with van der Waals surface area (Å²) in [7, 11) is -7.49. The Balaban J connectivity index is 1.45. The van der Waals surface area contributed by atoms with Gasteiger partial charge in [0.15, 0.2) is 0 Å². The fourth-order valence-electron chi connectivity index (χ4n) is 4.36. The topological polar surface area (TPSA) is 104 Å². The molecule has 1 saturated heterocycles. The molecule has 0 spiro atoms. The Kier molecular flexibility index (Phi) is 8.10. The first kappa shape index (κ1) is 27.6. The van der Waals surface area contributed by atoms with Crippen molar-refractivity contribution in [2.45, 2.75) is 24.8 Å². The Hall–Kier alpha value is -3.41. The van der Waals surface area contributed by atoms with E-state index in [1.165, 1.54) is 16.1 Å². The molecule has 1 amide bonds. The van der Waals surface area contributed by atoms with E-state index in [2.05, 4.69) is 0 Å². The fourth-order valence-corrected chi connectivity index (χ4v) is 6.95. The predicted octanol–water partition coefficient (Wildman–Crippen LogP) is 3.47. The number of para-hydroxylation sites is 1. The molecule has 1 heterocycles. The largest absolute Gasteiger partial charge is 0.457 e. The van der Waals surface area contributed by atoms with Crippen LogP contribution < -0.4 is 9.04 Å². The zero-order valence-corrected chi connectivity index (χ0v) is 23.2. The monoisotopic (exact) mass is 557 g/mol. The molecule has 0 radical (unpaired) electrons. The van der Waals surface area contributed by atoms with Crippen LogP contribution in [0.15, 0.2) is 83.8 Å². The van der Waals surface area contributed by atoms with Crippen molar-refractivity contribution in [2.75, 3.05) is 36.7 Å². The molecule has 0 aliphatic carbocycles. The van der Waals surface area contributed by atoms with Gasteiger partial charge in [0, 0.05) is 26.2 Å². The molecule has 0 N–H and O–H groups in total. The van der Waals surface area contributed by atoms with Crippen molar-refractivity contribution in [1.82, 2.24) is 9.21 Å². The molecule has 0 bridgehead atoms. The van der Waals surface area contributed by atoms with Gasteiger partial charge in [0.1, 0.15) is 17.5 Å². The Bertz CT molecular complexity index is 1470. The molecule has 1 atom stereocenters. The van der Waals surface area contributed by atoms with Gasteiger partial charge in [-0.05, 0) is 62.4 Å². The highest BCUT2D eigenvalue weighted by molar-refractivity contribution is 7.92. The maximum absolute atomic E-state index is 13.4. The zero-order chi connectivity index (χ0) is 27.5. The zero-order valence-electron chi connectivity index (χ0n) is 21.5. The van der Waals surface area contributed by atoms with Crippen LogP contribution in [0.1, 0.15) is 12.5 Å². The molecule has 1 aliphatic rings. The van der Waals surface area contributed by atoms with Crippen molar-refractivity contribution in [3.05, 3.63) is 84.4 Å². The van der Waals surface area contributed by atoms with Crippen LogP contribution in [0.25, 0.3) is 0 Å². The molecule has 1 aliphatic heterocycles. The second kappa shape index (κ2) is 11.1. The number of sulfonamides is 2. The molecule has 0 saturated carbocycles. The number of aryl methyl sites for hydroxylation is 1. The number of nitrogens with zero attached hydrogens (tertiary/aromatic N) is 3. The third-order valence-corrected chi connectivity index (χ3v) is 9.50. The van der Waals surface area contributed by atoms with Crippen LogP contribution in [0.3, 0.4) is 0 Å². The highest BCUT2D eigenvalue weighted by Gasteiger charge is 2.35. The van der Waals surface area contributed by atoms with Gasteiger partial charge in [0.2, 0.25) is 26.0 Å². The Labute approximate surface area is 224 Å². The maximum atomic E-state index is 13.4. The minimum atomic E-state index is -3.81. The Morgan fingerprint density at radius 3 is 1.92 bits per heavy atom. The van der Waals surface area contributed by atoms with Gasteiger partial charge in [-0.2, -0.15) is 4.31 Å². The molecule has 38 heavy (non-hydrogen) atoms. The summed E-state index contributed by atoms with van der Waals surface area (Å²) in [6, 6.07) is 21.3. The highest BCUT2D eigenvalue weighted by atomic mass is 32.2. The predicted molar refractivity (Wildman–Crippen MR) is 146 cm³/mol. The van der Waals surface area contributed by atoms with Crippen molar-refractivity contribution in [3.8, 4) is 11.5 Å². The van der Waals surface area contributed by atoms with Crippen molar-refractivity contribution >= 4 is 31.6 Å². The molecule has 3 aromatic rings. The first-order valence-electron chi connectivity index (χ1n) is 12.1. The summed E-state index contributed by atoms with van der Waals surface area (Å²) in [6.45, 7) is 3.99. The van der Waals surface area contributed by atoms with Crippen molar-refractivity contribution in [3.63, 3.8) is 0 Å². The summed E-state index contributed by atoms with van der Waals surface area (Å²) in [6.07, 6.45) is 1.05. The maximum Gasteiger partial charge on any atom is 0.246 e. The number of amides is 1. The van der Waals surface area contributed by atoms with Crippen LogP contribution in [0, 0.1) is 6.92 Å². The summed E-state index contributed by atoms with van der Waals surface area (Å²) in [5.41, 5.74) is 1.29. The number of hydrogen-bond acceptors (Lipinski definition) is 6. The summed E-state index contributed by atoms with van der Waals surface area (Å²) in [5, 5.41) is 0. The molecule has 0 unspecified atom stereocenters. The number of hydrogen-bond donors (Lipinski definition) is 0. The summed E-state index contributed by atoms with van der Waals surface area (Å²) >= 11 is 0. The number of ether oxygens (including phenoxy) is 1. The number of rotatable bonds is 8. The first-order valence-corrected chi connectivity index (χ1v) is 15.4. The first-order chi connectivity index (χ1) is 18.0. The molecule has 4 rings (SSSR count). The van der Waals surface area contributed by atoms with E-state index in [0.717, 1.165) is 16.1 Å². The van der Waals surface area contributed by atoms with Gasteiger partial charge in [-0.1, -0.05) is 35.9 Å². The lowest BCUT2D eigenvalue weighted by atomic mass is 10.2. The van der Waals surface area contributed by atoms with E-state index in [-0.39, 0.29) is 31.1 Å². The van der Waals surface area contributed by atoms with E-state index < -0.39 is 32.0 Å². The minimum Gasteiger partial charge on any atom is -0.457 e. The lowest BCUT2D eigenvalue weighted by molar-refractivity contribution is -0.133. The van der Waals surface area contributed by atoms with Crippen molar-refractivity contribution < 1.29 is 26.4 Å². The van der Waals surface area contributed by atoms with Crippen LogP contribution in [0.2, 0.25) is 0 Å². The van der Waals surface area contributed by atoms with E-state index in [4.69, 9.17) is 4.74 Å². The van der Waals surface area contributed by atoms with E-state index in [1.807, 2.05) is 37.3 Å². The normalized spacial score (nSPS) is 15.6. The van der Waals surface area contributed by atoms with Crippen LogP contribution in [0.4, 0.5) is 5.69 Å². The van der Waals surface area contributed by atoms with Crippen LogP contribution in [-0.2, 0) is 24.8 Å². The van der Waals surface area contributed by atoms with Gasteiger partial charge in [0.25, 0.3) is 0 Å². The molecule has 9 nitrogen and oxygen atoms in total. The van der Waals surface area contributed by atoms with Gasteiger partial charge >= 0.3 is 0 Å². The van der Waals surface area contributed by atoms with Crippen LogP contribution in [-0.4, -0.2) is 70.4 Å². The van der Waals surface area contributed by atoms with Gasteiger partial charge in [-0.25, -0.2) is 16.8 Å². The molecule has 0 aromatic heterocycles. The summed E-state index contributed by atoms with van der Waals surface area (Å²) in [5.74, 6) is 0.776. The molecule has 1 fully saturated rings. The molecular weight excluding hydrogens is 526 g/mol. The standard InChI is InChI=1S/C27H31N3O6S2/c1-21-9-15-26(16-10-21)38(34,35)29-19-17-28(18-20-29)27(31)22(2)30(37(3,32)33)23-11-13-25(14-12-23)36-24-7-5-4-6-8-24/h4-16,22H,17-20H2,1-3H3/t22-/m0/s1. The molecule has 202 valence electrons. The van der Waals surface area contributed by atoms with Crippen LogP contribution >= 0.6 is 0 Å². The smallest absolute Gasteiger partial charge is 0.246 e. The number of carbonyl (C=O) groups is 1. The highest BCUT2D eigenvalue weighted by Crippen LogP contribution is 2.28. The quantitative estimate of drug-likeness (QED) is 0.420. The van der Waals surface area contributed by atoms with Gasteiger partial charge in [-0.3, -0.25) is 9.10 Å². The Morgan fingerprint density at radius 1 is 0.816 bits per heavy atom. The number of carbonyl (C=O) groups excluding carboxylic acids is 1. The SMILES string of the molecule is Cc1ccc(S(=O)(=O)N2CCN(C(=O)[C@H](C)N(c3ccc(Oc4ccccc4)cc3)S(C)(=O)=O)CC2)cc1. The van der Waals surface area contributed by atoms with E-state index in [1.54, 1.807) is 48.5 Å². The third kappa shape index (κ3) is 6.17. The van der Waals surface area contributed by atoms with E-state index >= 15 is 0 Å². The van der Waals surface area contributed by atoms with E-state index in [9.17, 15) is 21.6 Å². The van der Waals surface area contributed by atoms with Gasteiger partial charge in [-0.15, -0.1) is 0 Å². The van der Waals surface area contributed by atoms with Crippen molar-refractivity contribution in [1.29, 1.82) is 0 Å². The fraction of sp³-hybridized carbons (Fsp3) is 0.296. The Morgan fingerprint density at radius 2 is 1.37 bits per heavy atom. The second-order valence-electron chi connectivity index (χ2n) is 9.19.